The Labute approximate surface area is 193 Å². The molecular weight excluding hydrogens is 420 g/mol. The summed E-state index contributed by atoms with van der Waals surface area (Å²) >= 11 is 1.62. The van der Waals surface area contributed by atoms with Crippen molar-refractivity contribution in [1.82, 2.24) is 9.97 Å². The second-order valence-corrected chi connectivity index (χ2v) is 8.76. The zero-order valence-corrected chi connectivity index (χ0v) is 19.2. The van der Waals surface area contributed by atoms with Crippen LogP contribution in [0.3, 0.4) is 0 Å². The van der Waals surface area contributed by atoms with Crippen molar-refractivity contribution in [1.29, 1.82) is 5.26 Å². The monoisotopic (exact) mass is 446 g/mol. The molecule has 0 amide bonds. The van der Waals surface area contributed by atoms with E-state index in [-0.39, 0.29) is 6.61 Å². The van der Waals surface area contributed by atoms with Crippen LogP contribution in [0, 0.1) is 25.2 Å². The van der Waals surface area contributed by atoms with Gasteiger partial charge in [0.15, 0.2) is 6.61 Å². The van der Waals surface area contributed by atoms with Gasteiger partial charge in [-0.25, -0.2) is 9.97 Å². The normalized spacial score (nSPS) is 13.6. The zero-order chi connectivity index (χ0) is 22.3. The third-order valence-corrected chi connectivity index (χ3v) is 6.40. The van der Waals surface area contributed by atoms with Crippen LogP contribution >= 0.6 is 11.8 Å². The summed E-state index contributed by atoms with van der Waals surface area (Å²) in [6.07, 6.45) is 2.58. The van der Waals surface area contributed by atoms with Crippen LogP contribution in [0.15, 0.2) is 58.6 Å². The topological polar surface area (TPSA) is 71.3 Å². The summed E-state index contributed by atoms with van der Waals surface area (Å²) in [6, 6.07) is 16.6. The van der Waals surface area contributed by atoms with Gasteiger partial charge in [0.05, 0.1) is 13.2 Å². The van der Waals surface area contributed by atoms with Gasteiger partial charge < -0.3 is 14.4 Å². The summed E-state index contributed by atoms with van der Waals surface area (Å²) in [7, 11) is 0. The van der Waals surface area contributed by atoms with Gasteiger partial charge in [0.2, 0.25) is 0 Å². The van der Waals surface area contributed by atoms with E-state index >= 15 is 0 Å². The Morgan fingerprint density at radius 2 is 1.88 bits per heavy atom. The first kappa shape index (κ1) is 22.1. The van der Waals surface area contributed by atoms with Crippen LogP contribution in [0.4, 0.5) is 5.69 Å². The van der Waals surface area contributed by atoms with Crippen molar-refractivity contribution in [2.24, 2.45) is 0 Å². The van der Waals surface area contributed by atoms with Crippen molar-refractivity contribution in [2.75, 3.05) is 37.8 Å². The maximum absolute atomic E-state index is 8.70. The average molecular weight is 447 g/mol. The van der Waals surface area contributed by atoms with Gasteiger partial charge in [-0.1, -0.05) is 23.9 Å². The summed E-state index contributed by atoms with van der Waals surface area (Å²) in [5.74, 6) is 1.54. The molecule has 1 aliphatic heterocycles. The molecule has 0 aliphatic carbocycles. The summed E-state index contributed by atoms with van der Waals surface area (Å²) < 4.78 is 10.9. The van der Waals surface area contributed by atoms with E-state index in [9.17, 15) is 0 Å². The van der Waals surface area contributed by atoms with E-state index in [4.69, 9.17) is 19.7 Å². The van der Waals surface area contributed by atoms with Gasteiger partial charge in [-0.2, -0.15) is 5.26 Å². The van der Waals surface area contributed by atoms with Crippen molar-refractivity contribution >= 4 is 17.4 Å². The molecule has 0 bridgehead atoms. The van der Waals surface area contributed by atoms with Crippen LogP contribution < -0.4 is 9.64 Å². The molecule has 0 saturated carbocycles. The minimum absolute atomic E-state index is 0.0507. The Morgan fingerprint density at radius 1 is 1.09 bits per heavy atom. The van der Waals surface area contributed by atoms with Crippen molar-refractivity contribution in [3.05, 3.63) is 71.2 Å². The zero-order valence-electron chi connectivity index (χ0n) is 18.4. The smallest absolute Gasteiger partial charge is 0.174 e. The largest absolute Gasteiger partial charge is 0.478 e. The van der Waals surface area contributed by atoms with Gasteiger partial charge in [-0.3, -0.25) is 0 Å². The van der Waals surface area contributed by atoms with Crippen molar-refractivity contribution in [3.63, 3.8) is 0 Å². The molecule has 1 aliphatic rings. The lowest BCUT2D eigenvalue weighted by Gasteiger charge is -2.28. The van der Waals surface area contributed by atoms with Crippen LogP contribution in [0.5, 0.6) is 5.75 Å². The maximum Gasteiger partial charge on any atom is 0.174 e. The van der Waals surface area contributed by atoms with Gasteiger partial charge in [0, 0.05) is 36.3 Å². The van der Waals surface area contributed by atoms with Crippen LogP contribution in [0.1, 0.15) is 22.5 Å². The minimum atomic E-state index is 0.0507. The van der Waals surface area contributed by atoms with Gasteiger partial charge in [0.1, 0.15) is 22.7 Å². The Kier molecular flexibility index (Phi) is 7.25. The summed E-state index contributed by atoms with van der Waals surface area (Å²) in [5, 5.41) is 9.65. The highest BCUT2D eigenvalue weighted by Gasteiger charge is 2.12. The lowest BCUT2D eigenvalue weighted by molar-refractivity contribution is 0.122. The Bertz CT molecular complexity index is 1110. The Morgan fingerprint density at radius 3 is 2.59 bits per heavy atom. The van der Waals surface area contributed by atoms with E-state index in [1.807, 2.05) is 38.2 Å². The molecule has 0 spiro atoms. The van der Waals surface area contributed by atoms with E-state index in [0.717, 1.165) is 58.9 Å². The number of ether oxygens (including phenoxy) is 2. The number of benzene rings is 2. The summed E-state index contributed by atoms with van der Waals surface area (Å²) in [6.45, 7) is 7.51. The fourth-order valence-electron chi connectivity index (χ4n) is 3.55. The van der Waals surface area contributed by atoms with Crippen molar-refractivity contribution < 1.29 is 9.47 Å². The number of morpholine rings is 1. The SMILES string of the molecule is Cc1cc(Sc2nc(Cc3ccc(N4CCOCC4)cc3)ncc2C)ccc1OCC#N. The second-order valence-electron chi connectivity index (χ2n) is 7.69. The van der Waals surface area contributed by atoms with Gasteiger partial charge in [0.25, 0.3) is 0 Å². The molecule has 32 heavy (non-hydrogen) atoms. The highest BCUT2D eigenvalue weighted by Crippen LogP contribution is 2.32. The number of nitrogens with zero attached hydrogens (tertiary/aromatic N) is 4. The Hall–Kier alpha value is -3.08. The predicted molar refractivity (Wildman–Crippen MR) is 125 cm³/mol. The molecule has 2 heterocycles. The standard InChI is InChI=1S/C25H26N4O2S/c1-18-15-22(7-8-23(18)31-12-9-26)32-25-19(2)17-27-24(28-25)16-20-3-5-21(6-4-20)29-10-13-30-14-11-29/h3-8,15,17H,10-14,16H2,1-2H3. The third-order valence-electron chi connectivity index (χ3n) is 5.30. The van der Waals surface area contributed by atoms with E-state index < -0.39 is 0 Å². The average Bonchev–Trinajstić information content (AvgIpc) is 2.82. The van der Waals surface area contributed by atoms with Crippen LogP contribution in [0.2, 0.25) is 0 Å². The third kappa shape index (κ3) is 5.58. The molecule has 0 radical (unpaired) electrons. The van der Waals surface area contributed by atoms with Gasteiger partial charge in [-0.15, -0.1) is 0 Å². The summed E-state index contributed by atoms with van der Waals surface area (Å²) in [4.78, 5) is 12.8. The number of nitriles is 1. The molecule has 6 nitrogen and oxygen atoms in total. The second kappa shape index (κ2) is 10.5. The number of anilines is 1. The first-order chi connectivity index (χ1) is 15.6. The molecule has 3 aromatic rings. The van der Waals surface area contributed by atoms with Crippen molar-refractivity contribution in [2.45, 2.75) is 30.2 Å². The van der Waals surface area contributed by atoms with Crippen molar-refractivity contribution in [3.8, 4) is 11.8 Å². The molecule has 7 heteroatoms. The molecule has 1 aromatic heterocycles. The number of aromatic nitrogens is 2. The number of hydrogen-bond acceptors (Lipinski definition) is 7. The van der Waals surface area contributed by atoms with E-state index in [0.29, 0.717) is 6.42 Å². The quantitative estimate of drug-likeness (QED) is 0.492. The molecule has 0 N–H and O–H groups in total. The van der Waals surface area contributed by atoms with Crippen LogP contribution in [-0.4, -0.2) is 42.9 Å². The first-order valence-corrected chi connectivity index (χ1v) is 11.5. The molecule has 2 aromatic carbocycles. The molecule has 0 unspecified atom stereocenters. The maximum atomic E-state index is 8.70. The fraction of sp³-hybridized carbons (Fsp3) is 0.320. The molecule has 4 rings (SSSR count). The summed E-state index contributed by atoms with van der Waals surface area (Å²) in [5.41, 5.74) is 4.47. The lowest BCUT2D eigenvalue weighted by atomic mass is 10.1. The fourth-order valence-corrected chi connectivity index (χ4v) is 4.51. The highest BCUT2D eigenvalue weighted by atomic mass is 32.2. The Balaban J connectivity index is 1.44. The number of hydrogen-bond donors (Lipinski definition) is 0. The number of aryl methyl sites for hydroxylation is 2. The van der Waals surface area contributed by atoms with E-state index in [2.05, 4.69) is 40.2 Å². The molecule has 164 valence electrons. The van der Waals surface area contributed by atoms with Crippen LogP contribution in [-0.2, 0) is 11.2 Å². The van der Waals surface area contributed by atoms with Crippen LogP contribution in [0.25, 0.3) is 0 Å². The first-order valence-electron chi connectivity index (χ1n) is 10.6. The van der Waals surface area contributed by atoms with E-state index in [1.54, 1.807) is 11.8 Å². The van der Waals surface area contributed by atoms with E-state index in [1.165, 1.54) is 11.3 Å². The minimum Gasteiger partial charge on any atom is -0.478 e. The molecule has 1 saturated heterocycles. The highest BCUT2D eigenvalue weighted by molar-refractivity contribution is 7.99. The molecular formula is C25H26N4O2S. The lowest BCUT2D eigenvalue weighted by Crippen LogP contribution is -2.36. The van der Waals surface area contributed by atoms with Gasteiger partial charge in [-0.05, 0) is 60.9 Å². The number of rotatable bonds is 7. The van der Waals surface area contributed by atoms with Gasteiger partial charge >= 0.3 is 0 Å². The predicted octanol–water partition coefficient (Wildman–Crippen LogP) is 4.57. The molecule has 0 atom stereocenters. The molecule has 1 fully saturated rings.